The molecule has 11 heavy (non-hydrogen) atoms. The van der Waals surface area contributed by atoms with Crippen molar-refractivity contribution < 1.29 is 4.79 Å². The van der Waals surface area contributed by atoms with Crippen LogP contribution in [0.25, 0.3) is 0 Å². The molecule has 1 aromatic carbocycles. The summed E-state index contributed by atoms with van der Waals surface area (Å²) in [4.78, 5) is 9.94. The van der Waals surface area contributed by atoms with Gasteiger partial charge < -0.3 is 5.32 Å². The summed E-state index contributed by atoms with van der Waals surface area (Å²) in [6, 6.07) is 5.39. The molecule has 0 saturated heterocycles. The monoisotopic (exact) mass is 168 g/mol. The second kappa shape index (κ2) is 3.39. The van der Waals surface area contributed by atoms with Crippen LogP contribution < -0.4 is 5.32 Å². The van der Waals surface area contributed by atoms with E-state index >= 15 is 0 Å². The zero-order valence-corrected chi connectivity index (χ0v) is 6.77. The zero-order valence-electron chi connectivity index (χ0n) is 6.02. The first-order valence-electron chi connectivity index (χ1n) is 3.13. The summed E-state index contributed by atoms with van der Waals surface area (Å²) < 4.78 is 0. The van der Waals surface area contributed by atoms with Crippen LogP contribution in [0.4, 0.5) is 5.69 Å². The van der Waals surface area contributed by atoms with Gasteiger partial charge in [-0.1, -0.05) is 17.7 Å². The molecule has 0 aromatic heterocycles. The van der Waals surface area contributed by atoms with Crippen LogP contribution in [0.1, 0.15) is 5.56 Å². The minimum absolute atomic E-state index is 0.527. The summed E-state index contributed by atoms with van der Waals surface area (Å²) in [7, 11) is 0. The van der Waals surface area contributed by atoms with E-state index in [1.165, 1.54) is 0 Å². The predicted molar refractivity (Wildman–Crippen MR) is 45.5 cm³/mol. The molecule has 0 saturated carbocycles. The summed E-state index contributed by atoms with van der Waals surface area (Å²) in [5.41, 5.74) is 1.65. The Bertz CT molecular complexity index is 273. The lowest BCUT2D eigenvalue weighted by Crippen LogP contribution is -1.94. The zero-order chi connectivity index (χ0) is 8.27. The third kappa shape index (κ3) is 1.95. The SMILES string of the molecule is Cc1ccc(Cl)c(N[C]=O)c1. The van der Waals surface area contributed by atoms with Gasteiger partial charge in [0.1, 0.15) is 0 Å². The molecule has 0 heterocycles. The number of rotatable bonds is 2. The van der Waals surface area contributed by atoms with E-state index < -0.39 is 0 Å². The number of halogens is 1. The standard InChI is InChI=1S/C8H7ClNO/c1-6-2-3-7(9)8(4-6)10-5-11/h2-4H,1H3,(H,10,11). The highest BCUT2D eigenvalue weighted by Crippen LogP contribution is 2.21. The van der Waals surface area contributed by atoms with Gasteiger partial charge in [-0.25, -0.2) is 0 Å². The maximum atomic E-state index is 9.94. The summed E-state index contributed by atoms with van der Waals surface area (Å²) in [5.74, 6) is 0. The van der Waals surface area contributed by atoms with Gasteiger partial charge in [0.05, 0.1) is 10.7 Å². The van der Waals surface area contributed by atoms with Gasteiger partial charge in [-0.3, -0.25) is 4.79 Å². The Balaban J connectivity index is 3.01. The number of nitrogens with one attached hydrogen (secondary N) is 1. The third-order valence-electron chi connectivity index (χ3n) is 1.31. The molecule has 0 bridgehead atoms. The van der Waals surface area contributed by atoms with Crippen molar-refractivity contribution in [3.63, 3.8) is 0 Å². The molecule has 1 aromatic rings. The Morgan fingerprint density at radius 2 is 2.27 bits per heavy atom. The third-order valence-corrected chi connectivity index (χ3v) is 1.64. The van der Waals surface area contributed by atoms with Crippen molar-refractivity contribution in [1.29, 1.82) is 0 Å². The summed E-state index contributed by atoms with van der Waals surface area (Å²) in [5, 5.41) is 2.91. The predicted octanol–water partition coefficient (Wildman–Crippen LogP) is 2.13. The van der Waals surface area contributed by atoms with Crippen molar-refractivity contribution in [3.05, 3.63) is 28.8 Å². The minimum atomic E-state index is 0.527. The Kier molecular flexibility index (Phi) is 2.49. The fourth-order valence-corrected chi connectivity index (χ4v) is 0.955. The smallest absolute Gasteiger partial charge is 0.314 e. The van der Waals surface area contributed by atoms with Gasteiger partial charge >= 0.3 is 6.41 Å². The first-order valence-corrected chi connectivity index (χ1v) is 3.51. The number of anilines is 1. The molecule has 1 amide bonds. The molecule has 0 aliphatic heterocycles. The highest BCUT2D eigenvalue weighted by atomic mass is 35.5. The van der Waals surface area contributed by atoms with Gasteiger partial charge in [0.25, 0.3) is 0 Å². The largest absolute Gasteiger partial charge is 0.316 e. The van der Waals surface area contributed by atoms with E-state index in [2.05, 4.69) is 5.32 Å². The van der Waals surface area contributed by atoms with E-state index in [1.807, 2.05) is 13.0 Å². The van der Waals surface area contributed by atoms with Crippen molar-refractivity contribution in [3.8, 4) is 0 Å². The minimum Gasteiger partial charge on any atom is -0.316 e. The summed E-state index contributed by atoms with van der Waals surface area (Å²) >= 11 is 5.73. The Morgan fingerprint density at radius 3 is 2.91 bits per heavy atom. The average molecular weight is 169 g/mol. The van der Waals surface area contributed by atoms with E-state index in [-0.39, 0.29) is 0 Å². The topological polar surface area (TPSA) is 29.1 Å². The number of hydrogen-bond donors (Lipinski definition) is 1. The molecule has 0 aliphatic rings. The van der Waals surface area contributed by atoms with Crippen LogP contribution >= 0.6 is 11.6 Å². The molecule has 1 radical (unpaired) electrons. The van der Waals surface area contributed by atoms with Crippen LogP contribution in [0.2, 0.25) is 5.02 Å². The Morgan fingerprint density at radius 1 is 1.55 bits per heavy atom. The van der Waals surface area contributed by atoms with Crippen LogP contribution in [-0.2, 0) is 4.79 Å². The van der Waals surface area contributed by atoms with Gasteiger partial charge in [-0.2, -0.15) is 0 Å². The maximum Gasteiger partial charge on any atom is 0.314 e. The Labute approximate surface area is 70.2 Å². The van der Waals surface area contributed by atoms with Gasteiger partial charge in [0, 0.05) is 0 Å². The quantitative estimate of drug-likeness (QED) is 0.674. The van der Waals surface area contributed by atoms with Gasteiger partial charge in [-0.05, 0) is 24.6 Å². The lowest BCUT2D eigenvalue weighted by atomic mass is 10.2. The first kappa shape index (κ1) is 8.08. The van der Waals surface area contributed by atoms with E-state index in [9.17, 15) is 4.79 Å². The highest BCUT2D eigenvalue weighted by molar-refractivity contribution is 6.33. The lowest BCUT2D eigenvalue weighted by molar-refractivity contribution is 0.561. The van der Waals surface area contributed by atoms with E-state index in [1.54, 1.807) is 18.5 Å². The molecular weight excluding hydrogens is 162 g/mol. The summed E-state index contributed by atoms with van der Waals surface area (Å²) in [6.07, 6.45) is 1.57. The van der Waals surface area contributed by atoms with Crippen molar-refractivity contribution in [2.45, 2.75) is 6.92 Å². The number of hydrogen-bond acceptors (Lipinski definition) is 1. The van der Waals surface area contributed by atoms with Crippen LogP contribution in [0.3, 0.4) is 0 Å². The average Bonchev–Trinajstić information content (AvgIpc) is 1.98. The van der Waals surface area contributed by atoms with Crippen molar-refractivity contribution in [1.82, 2.24) is 0 Å². The summed E-state index contributed by atoms with van der Waals surface area (Å²) in [6.45, 7) is 1.92. The maximum absolute atomic E-state index is 9.94. The molecule has 0 aliphatic carbocycles. The van der Waals surface area contributed by atoms with Gasteiger partial charge in [0.15, 0.2) is 0 Å². The molecule has 2 nitrogen and oxygen atoms in total. The van der Waals surface area contributed by atoms with E-state index in [4.69, 9.17) is 11.6 Å². The highest BCUT2D eigenvalue weighted by Gasteiger charge is 1.97. The number of benzene rings is 1. The Hall–Kier alpha value is -1.02. The number of amides is 1. The van der Waals surface area contributed by atoms with Crippen LogP contribution in [0.15, 0.2) is 18.2 Å². The first-order chi connectivity index (χ1) is 5.24. The molecule has 0 atom stereocenters. The fraction of sp³-hybridized carbons (Fsp3) is 0.125. The molecule has 1 rings (SSSR count). The second-order valence-electron chi connectivity index (χ2n) is 2.21. The van der Waals surface area contributed by atoms with Gasteiger partial charge in [-0.15, -0.1) is 0 Å². The number of carbonyl (C=O) groups excluding carboxylic acids is 1. The molecule has 0 spiro atoms. The van der Waals surface area contributed by atoms with Crippen LogP contribution in [0, 0.1) is 6.92 Å². The van der Waals surface area contributed by atoms with E-state index in [0.717, 1.165) is 5.56 Å². The van der Waals surface area contributed by atoms with E-state index in [0.29, 0.717) is 10.7 Å². The van der Waals surface area contributed by atoms with Gasteiger partial charge in [0.2, 0.25) is 0 Å². The fourth-order valence-electron chi connectivity index (χ4n) is 0.790. The number of aryl methyl sites for hydroxylation is 1. The molecular formula is C8H7ClNO. The molecule has 1 N–H and O–H groups in total. The van der Waals surface area contributed by atoms with Crippen molar-refractivity contribution in [2.75, 3.05) is 5.32 Å². The molecule has 57 valence electrons. The lowest BCUT2D eigenvalue weighted by Gasteiger charge is -2.01. The molecule has 0 unspecified atom stereocenters. The second-order valence-corrected chi connectivity index (χ2v) is 2.62. The molecule has 0 fully saturated rings. The van der Waals surface area contributed by atoms with Crippen molar-refractivity contribution in [2.24, 2.45) is 0 Å². The van der Waals surface area contributed by atoms with Crippen molar-refractivity contribution >= 4 is 23.7 Å². The molecule has 3 heteroatoms. The van der Waals surface area contributed by atoms with Crippen LogP contribution in [-0.4, -0.2) is 6.41 Å². The normalized spacial score (nSPS) is 9.27. The van der Waals surface area contributed by atoms with Crippen LogP contribution in [0.5, 0.6) is 0 Å².